The number of nitrogens with zero attached hydrogens (tertiary/aromatic N) is 1. The number of amides is 1. The minimum Gasteiger partial charge on any atom is -0.469 e. The van der Waals surface area contributed by atoms with Gasteiger partial charge in [0.05, 0.1) is 13.0 Å². The van der Waals surface area contributed by atoms with E-state index >= 15 is 0 Å². The van der Waals surface area contributed by atoms with E-state index in [2.05, 4.69) is 4.74 Å². The molecule has 0 aliphatic rings. The summed E-state index contributed by atoms with van der Waals surface area (Å²) in [5.41, 5.74) is 0.886. The number of carbonyl (C=O) groups excluding carboxylic acids is 2. The molecule has 122 valence electrons. The van der Waals surface area contributed by atoms with Crippen molar-refractivity contribution in [3.05, 3.63) is 33.8 Å². The molecule has 0 bridgehead atoms. The maximum Gasteiger partial charge on any atom is 0.310 e. The SMILES string of the molecule is CCN(CC(C)C(=O)OC)C(=O)CCc1ccc(Cl)cc1Cl. The molecule has 1 rings (SSSR count). The molecular weight excluding hydrogens is 325 g/mol. The van der Waals surface area contributed by atoms with Crippen LogP contribution in [0.5, 0.6) is 0 Å². The molecule has 22 heavy (non-hydrogen) atoms. The fraction of sp³-hybridized carbons (Fsp3) is 0.500. The van der Waals surface area contributed by atoms with Gasteiger partial charge in [-0.3, -0.25) is 9.59 Å². The van der Waals surface area contributed by atoms with Gasteiger partial charge in [0, 0.05) is 29.6 Å². The number of aryl methyl sites for hydroxylation is 1. The third-order valence-electron chi connectivity index (χ3n) is 3.46. The van der Waals surface area contributed by atoms with E-state index in [1.165, 1.54) is 7.11 Å². The predicted octanol–water partition coefficient (Wildman–Crippen LogP) is 3.58. The second-order valence-corrected chi connectivity index (χ2v) is 5.94. The second kappa shape index (κ2) is 9.01. The first kappa shape index (κ1) is 18.8. The van der Waals surface area contributed by atoms with Gasteiger partial charge in [-0.15, -0.1) is 0 Å². The highest BCUT2D eigenvalue weighted by molar-refractivity contribution is 6.35. The van der Waals surface area contributed by atoms with Crippen molar-refractivity contribution in [1.82, 2.24) is 4.90 Å². The van der Waals surface area contributed by atoms with Crippen LogP contribution in [-0.4, -0.2) is 37.0 Å². The Morgan fingerprint density at radius 1 is 1.32 bits per heavy atom. The van der Waals surface area contributed by atoms with Crippen LogP contribution in [0.2, 0.25) is 10.0 Å². The van der Waals surface area contributed by atoms with Crippen molar-refractivity contribution in [2.24, 2.45) is 5.92 Å². The molecule has 6 heteroatoms. The minimum atomic E-state index is -0.340. The standard InChI is InChI=1S/C16H21Cl2NO3/c1-4-19(10-11(2)16(21)22-3)15(20)8-6-12-5-7-13(17)9-14(12)18/h5,7,9,11H,4,6,8,10H2,1-3H3. The summed E-state index contributed by atoms with van der Waals surface area (Å²) in [7, 11) is 1.35. The number of hydrogen-bond donors (Lipinski definition) is 0. The topological polar surface area (TPSA) is 46.6 Å². The Morgan fingerprint density at radius 2 is 2.00 bits per heavy atom. The van der Waals surface area contributed by atoms with Crippen LogP contribution in [0.25, 0.3) is 0 Å². The summed E-state index contributed by atoms with van der Waals surface area (Å²) in [6, 6.07) is 5.25. The largest absolute Gasteiger partial charge is 0.469 e. The molecule has 0 saturated heterocycles. The van der Waals surface area contributed by atoms with Gasteiger partial charge in [-0.1, -0.05) is 36.2 Å². The highest BCUT2D eigenvalue weighted by Gasteiger charge is 2.20. The second-order valence-electron chi connectivity index (χ2n) is 5.09. The first-order valence-electron chi connectivity index (χ1n) is 7.18. The smallest absolute Gasteiger partial charge is 0.310 e. The quantitative estimate of drug-likeness (QED) is 0.709. The molecule has 1 atom stereocenters. The van der Waals surface area contributed by atoms with E-state index in [9.17, 15) is 9.59 Å². The molecule has 0 aliphatic carbocycles. The number of halogens is 2. The predicted molar refractivity (Wildman–Crippen MR) is 88.2 cm³/mol. The summed E-state index contributed by atoms with van der Waals surface area (Å²) >= 11 is 12.0. The molecule has 0 heterocycles. The van der Waals surface area contributed by atoms with E-state index in [-0.39, 0.29) is 17.8 Å². The van der Waals surface area contributed by atoms with Crippen LogP contribution in [-0.2, 0) is 20.7 Å². The Kier molecular flexibility index (Phi) is 7.69. The van der Waals surface area contributed by atoms with Crippen LogP contribution in [0, 0.1) is 5.92 Å². The summed E-state index contributed by atoms with van der Waals surface area (Å²) in [6.07, 6.45) is 0.876. The highest BCUT2D eigenvalue weighted by atomic mass is 35.5. The Balaban J connectivity index is 2.60. The van der Waals surface area contributed by atoms with Gasteiger partial charge < -0.3 is 9.64 Å². The Labute approximate surface area is 141 Å². The van der Waals surface area contributed by atoms with E-state index in [1.54, 1.807) is 24.0 Å². The van der Waals surface area contributed by atoms with Gasteiger partial charge >= 0.3 is 5.97 Å². The minimum absolute atomic E-state index is 0.00994. The summed E-state index contributed by atoms with van der Waals surface area (Å²) in [5.74, 6) is -0.663. The average molecular weight is 346 g/mol. The number of methoxy groups -OCH3 is 1. The number of benzene rings is 1. The van der Waals surface area contributed by atoms with Gasteiger partial charge in [0.25, 0.3) is 0 Å². The molecule has 1 aromatic rings. The molecule has 0 radical (unpaired) electrons. The molecule has 0 aromatic heterocycles. The molecule has 1 amide bonds. The van der Waals surface area contributed by atoms with E-state index in [1.807, 2.05) is 13.0 Å². The van der Waals surface area contributed by atoms with E-state index in [0.29, 0.717) is 36.0 Å². The van der Waals surface area contributed by atoms with Gasteiger partial charge in [-0.25, -0.2) is 0 Å². The zero-order valence-corrected chi connectivity index (χ0v) is 14.6. The van der Waals surface area contributed by atoms with Crippen LogP contribution in [0.1, 0.15) is 25.8 Å². The molecular formula is C16H21Cl2NO3. The van der Waals surface area contributed by atoms with Crippen molar-refractivity contribution in [2.75, 3.05) is 20.2 Å². The lowest BCUT2D eigenvalue weighted by molar-refractivity contribution is -0.146. The zero-order chi connectivity index (χ0) is 16.7. The fourth-order valence-corrected chi connectivity index (χ4v) is 2.64. The number of carbonyl (C=O) groups is 2. The summed E-state index contributed by atoms with van der Waals surface area (Å²) in [4.78, 5) is 25.4. The Morgan fingerprint density at radius 3 is 2.55 bits per heavy atom. The van der Waals surface area contributed by atoms with Crippen molar-refractivity contribution in [1.29, 1.82) is 0 Å². The first-order chi connectivity index (χ1) is 10.4. The molecule has 0 aliphatic heterocycles. The van der Waals surface area contributed by atoms with Crippen molar-refractivity contribution in [3.8, 4) is 0 Å². The number of hydrogen-bond acceptors (Lipinski definition) is 3. The van der Waals surface area contributed by atoms with E-state index in [4.69, 9.17) is 23.2 Å². The van der Waals surface area contributed by atoms with Crippen LogP contribution >= 0.6 is 23.2 Å². The lowest BCUT2D eigenvalue weighted by Crippen LogP contribution is -2.37. The fourth-order valence-electron chi connectivity index (χ4n) is 2.14. The number of rotatable bonds is 7. The molecule has 1 aromatic carbocycles. The van der Waals surface area contributed by atoms with E-state index in [0.717, 1.165) is 5.56 Å². The summed E-state index contributed by atoms with van der Waals surface area (Å²) in [5, 5.41) is 1.13. The summed E-state index contributed by atoms with van der Waals surface area (Å²) in [6.45, 7) is 4.54. The maximum absolute atomic E-state index is 12.3. The molecule has 1 unspecified atom stereocenters. The van der Waals surface area contributed by atoms with Crippen LogP contribution < -0.4 is 0 Å². The summed E-state index contributed by atoms with van der Waals surface area (Å²) < 4.78 is 4.69. The van der Waals surface area contributed by atoms with Crippen molar-refractivity contribution in [2.45, 2.75) is 26.7 Å². The van der Waals surface area contributed by atoms with E-state index < -0.39 is 0 Å². The first-order valence-corrected chi connectivity index (χ1v) is 7.94. The van der Waals surface area contributed by atoms with Crippen molar-refractivity contribution < 1.29 is 14.3 Å². The monoisotopic (exact) mass is 345 g/mol. The average Bonchev–Trinajstić information content (AvgIpc) is 2.50. The molecule has 0 N–H and O–H groups in total. The third-order valence-corrected chi connectivity index (χ3v) is 4.04. The zero-order valence-electron chi connectivity index (χ0n) is 13.1. The van der Waals surface area contributed by atoms with Crippen LogP contribution in [0.4, 0.5) is 0 Å². The van der Waals surface area contributed by atoms with Gasteiger partial charge in [0.15, 0.2) is 0 Å². The molecule has 0 saturated carbocycles. The molecule has 0 fully saturated rings. The highest BCUT2D eigenvalue weighted by Crippen LogP contribution is 2.22. The van der Waals surface area contributed by atoms with Crippen molar-refractivity contribution in [3.63, 3.8) is 0 Å². The molecule has 4 nitrogen and oxygen atoms in total. The molecule has 0 spiro atoms. The Hall–Kier alpha value is -1.26. The third kappa shape index (κ3) is 5.50. The normalized spacial score (nSPS) is 11.9. The van der Waals surface area contributed by atoms with Crippen LogP contribution in [0.15, 0.2) is 18.2 Å². The van der Waals surface area contributed by atoms with Crippen LogP contribution in [0.3, 0.4) is 0 Å². The van der Waals surface area contributed by atoms with Gasteiger partial charge in [-0.05, 0) is 31.0 Å². The Bertz CT molecular complexity index is 534. The number of esters is 1. The van der Waals surface area contributed by atoms with Gasteiger partial charge in [-0.2, -0.15) is 0 Å². The lowest BCUT2D eigenvalue weighted by atomic mass is 10.1. The number of ether oxygens (including phenoxy) is 1. The lowest BCUT2D eigenvalue weighted by Gasteiger charge is -2.23. The maximum atomic E-state index is 12.3. The van der Waals surface area contributed by atoms with Gasteiger partial charge in [0.1, 0.15) is 0 Å². The van der Waals surface area contributed by atoms with Crippen molar-refractivity contribution >= 4 is 35.1 Å². The van der Waals surface area contributed by atoms with Gasteiger partial charge in [0.2, 0.25) is 5.91 Å².